The van der Waals surface area contributed by atoms with Crippen molar-refractivity contribution in [3.05, 3.63) is 39.9 Å². The Morgan fingerprint density at radius 1 is 1.58 bits per heavy atom. The lowest BCUT2D eigenvalue weighted by Crippen LogP contribution is -2.29. The van der Waals surface area contributed by atoms with Gasteiger partial charge in [0.25, 0.3) is 0 Å². The fourth-order valence-corrected chi connectivity index (χ4v) is 3.27. The standard InChI is InChI=1S/C11H14N2O4S2/c1-8-4-10(13-17-8)7-19(15,16)12-5-11(14)9-2-3-18-6-9/h2-4,6,11-12,14H,5,7H2,1H3. The highest BCUT2D eigenvalue weighted by atomic mass is 32.2. The van der Waals surface area contributed by atoms with Gasteiger partial charge in [-0.15, -0.1) is 0 Å². The van der Waals surface area contributed by atoms with E-state index >= 15 is 0 Å². The number of hydrogen-bond donors (Lipinski definition) is 2. The Balaban J connectivity index is 1.91. The van der Waals surface area contributed by atoms with Gasteiger partial charge in [0.15, 0.2) is 0 Å². The maximum Gasteiger partial charge on any atom is 0.217 e. The highest BCUT2D eigenvalue weighted by Gasteiger charge is 2.17. The second kappa shape index (κ2) is 5.83. The number of aliphatic hydroxyl groups is 1. The van der Waals surface area contributed by atoms with Crippen LogP contribution in [0.5, 0.6) is 0 Å². The number of nitrogens with one attached hydrogen (secondary N) is 1. The molecule has 0 radical (unpaired) electrons. The molecule has 0 amide bonds. The number of aliphatic hydroxyl groups excluding tert-OH is 1. The number of nitrogens with zero attached hydrogens (tertiary/aromatic N) is 1. The van der Waals surface area contributed by atoms with Gasteiger partial charge in [-0.2, -0.15) is 11.3 Å². The van der Waals surface area contributed by atoms with Crippen LogP contribution in [-0.2, 0) is 15.8 Å². The second-order valence-electron chi connectivity index (χ2n) is 4.11. The van der Waals surface area contributed by atoms with Crippen LogP contribution < -0.4 is 4.72 Å². The fourth-order valence-electron chi connectivity index (χ4n) is 1.52. The van der Waals surface area contributed by atoms with Crippen molar-refractivity contribution in [3.63, 3.8) is 0 Å². The lowest BCUT2D eigenvalue weighted by Gasteiger charge is -2.10. The molecule has 2 N–H and O–H groups in total. The van der Waals surface area contributed by atoms with Gasteiger partial charge in [-0.25, -0.2) is 13.1 Å². The SMILES string of the molecule is Cc1cc(CS(=O)(=O)NCC(O)c2ccsc2)no1. The van der Waals surface area contributed by atoms with Gasteiger partial charge >= 0.3 is 0 Å². The summed E-state index contributed by atoms with van der Waals surface area (Å²) in [6.45, 7) is 1.63. The third-order valence-electron chi connectivity index (χ3n) is 2.44. The second-order valence-corrected chi connectivity index (χ2v) is 6.70. The van der Waals surface area contributed by atoms with Crippen LogP contribution in [0.1, 0.15) is 23.1 Å². The van der Waals surface area contributed by atoms with Crippen molar-refractivity contribution in [1.29, 1.82) is 0 Å². The minimum Gasteiger partial charge on any atom is -0.387 e. The third-order valence-corrected chi connectivity index (χ3v) is 4.42. The lowest BCUT2D eigenvalue weighted by molar-refractivity contribution is 0.182. The number of thiophene rings is 1. The fraction of sp³-hybridized carbons (Fsp3) is 0.364. The van der Waals surface area contributed by atoms with E-state index in [1.54, 1.807) is 24.4 Å². The number of aromatic nitrogens is 1. The topological polar surface area (TPSA) is 92.4 Å². The summed E-state index contributed by atoms with van der Waals surface area (Å²) in [6.07, 6.45) is -0.847. The largest absolute Gasteiger partial charge is 0.387 e. The van der Waals surface area contributed by atoms with Crippen molar-refractivity contribution in [2.75, 3.05) is 6.54 Å². The molecule has 0 spiro atoms. The Hall–Kier alpha value is -1.22. The minimum atomic E-state index is -3.54. The molecular formula is C11H14N2O4S2. The van der Waals surface area contributed by atoms with Crippen LogP contribution >= 0.6 is 11.3 Å². The van der Waals surface area contributed by atoms with E-state index in [9.17, 15) is 13.5 Å². The van der Waals surface area contributed by atoms with Crippen LogP contribution in [-0.4, -0.2) is 25.2 Å². The minimum absolute atomic E-state index is 0.0596. The zero-order valence-electron chi connectivity index (χ0n) is 10.2. The highest BCUT2D eigenvalue weighted by molar-refractivity contribution is 7.88. The van der Waals surface area contributed by atoms with Crippen LogP contribution in [0.15, 0.2) is 27.4 Å². The molecule has 0 saturated carbocycles. The molecule has 2 aromatic heterocycles. The van der Waals surface area contributed by atoms with Crippen molar-refractivity contribution in [2.24, 2.45) is 0 Å². The summed E-state index contributed by atoms with van der Waals surface area (Å²) in [4.78, 5) is 0. The number of sulfonamides is 1. The Bertz CT molecular complexity index is 619. The van der Waals surface area contributed by atoms with Gasteiger partial charge in [0.1, 0.15) is 17.2 Å². The van der Waals surface area contributed by atoms with E-state index in [-0.39, 0.29) is 12.3 Å². The smallest absolute Gasteiger partial charge is 0.217 e. The van der Waals surface area contributed by atoms with Crippen molar-refractivity contribution in [1.82, 2.24) is 9.88 Å². The van der Waals surface area contributed by atoms with Crippen LogP contribution in [0.25, 0.3) is 0 Å². The lowest BCUT2D eigenvalue weighted by atomic mass is 10.2. The molecule has 8 heteroatoms. The highest BCUT2D eigenvalue weighted by Crippen LogP contribution is 2.15. The summed E-state index contributed by atoms with van der Waals surface area (Å²) in [5.74, 6) is 0.296. The van der Waals surface area contributed by atoms with Crippen LogP contribution in [0, 0.1) is 6.92 Å². The molecule has 2 rings (SSSR count). The summed E-state index contributed by atoms with van der Waals surface area (Å²) >= 11 is 1.45. The summed E-state index contributed by atoms with van der Waals surface area (Å²) in [5, 5.41) is 17.0. The quantitative estimate of drug-likeness (QED) is 0.836. The van der Waals surface area contributed by atoms with Gasteiger partial charge in [-0.3, -0.25) is 0 Å². The van der Waals surface area contributed by atoms with Gasteiger partial charge in [0, 0.05) is 12.6 Å². The van der Waals surface area contributed by atoms with E-state index in [4.69, 9.17) is 4.52 Å². The van der Waals surface area contributed by atoms with Gasteiger partial charge in [0.05, 0.1) is 6.10 Å². The maximum atomic E-state index is 11.8. The van der Waals surface area contributed by atoms with Gasteiger partial charge < -0.3 is 9.63 Å². The van der Waals surface area contributed by atoms with Gasteiger partial charge in [0.2, 0.25) is 10.0 Å². The Kier molecular flexibility index (Phi) is 4.35. The van der Waals surface area contributed by atoms with Crippen LogP contribution in [0.3, 0.4) is 0 Å². The summed E-state index contributed by atoms with van der Waals surface area (Å²) in [5.41, 5.74) is 1.04. The molecule has 0 aliphatic carbocycles. The number of aryl methyl sites for hydroxylation is 1. The first-order chi connectivity index (χ1) is 8.96. The van der Waals surface area contributed by atoms with Gasteiger partial charge in [-0.1, -0.05) is 5.16 Å². The summed E-state index contributed by atoms with van der Waals surface area (Å²) in [6, 6.07) is 3.32. The maximum absolute atomic E-state index is 11.8. The first-order valence-corrected chi connectivity index (χ1v) is 8.15. The van der Waals surface area contributed by atoms with Crippen molar-refractivity contribution < 1.29 is 18.0 Å². The van der Waals surface area contributed by atoms with E-state index in [1.165, 1.54) is 11.3 Å². The molecule has 0 aliphatic rings. The zero-order valence-corrected chi connectivity index (χ0v) is 11.9. The van der Waals surface area contributed by atoms with E-state index in [0.29, 0.717) is 17.0 Å². The molecule has 0 saturated heterocycles. The molecule has 104 valence electrons. The van der Waals surface area contributed by atoms with Gasteiger partial charge in [-0.05, 0) is 29.3 Å². The molecule has 0 fully saturated rings. The molecule has 19 heavy (non-hydrogen) atoms. The number of rotatable bonds is 6. The van der Waals surface area contributed by atoms with E-state index in [2.05, 4.69) is 9.88 Å². The molecular weight excluding hydrogens is 288 g/mol. The summed E-state index contributed by atoms with van der Waals surface area (Å²) < 4.78 is 30.7. The van der Waals surface area contributed by atoms with E-state index in [1.807, 2.05) is 5.38 Å². The van der Waals surface area contributed by atoms with Crippen LogP contribution in [0.4, 0.5) is 0 Å². The first kappa shape index (κ1) is 14.2. The van der Waals surface area contributed by atoms with E-state index < -0.39 is 16.1 Å². The predicted molar refractivity (Wildman–Crippen MR) is 71.1 cm³/mol. The molecule has 1 unspecified atom stereocenters. The molecule has 0 aromatic carbocycles. The van der Waals surface area contributed by atoms with Crippen LogP contribution in [0.2, 0.25) is 0 Å². The Labute approximate surface area is 115 Å². The zero-order chi connectivity index (χ0) is 13.9. The monoisotopic (exact) mass is 302 g/mol. The molecule has 1 atom stereocenters. The van der Waals surface area contributed by atoms with Crippen molar-refractivity contribution >= 4 is 21.4 Å². The predicted octanol–water partition coefficient (Wildman–Crippen LogP) is 1.20. The molecule has 6 nitrogen and oxygen atoms in total. The summed E-state index contributed by atoms with van der Waals surface area (Å²) in [7, 11) is -3.54. The number of hydrogen-bond acceptors (Lipinski definition) is 6. The Morgan fingerprint density at radius 3 is 2.95 bits per heavy atom. The molecule has 2 aromatic rings. The van der Waals surface area contributed by atoms with Crippen molar-refractivity contribution in [2.45, 2.75) is 18.8 Å². The first-order valence-electron chi connectivity index (χ1n) is 5.56. The van der Waals surface area contributed by atoms with E-state index in [0.717, 1.165) is 0 Å². The molecule has 0 aliphatic heterocycles. The molecule has 2 heterocycles. The normalized spacial score (nSPS) is 13.6. The Morgan fingerprint density at radius 2 is 2.37 bits per heavy atom. The van der Waals surface area contributed by atoms with Crippen molar-refractivity contribution in [3.8, 4) is 0 Å². The average molecular weight is 302 g/mol. The third kappa shape index (κ3) is 4.13. The molecule has 0 bridgehead atoms. The average Bonchev–Trinajstić information content (AvgIpc) is 2.97.